The average Bonchev–Trinajstić information content (AvgIpc) is 3.43. The van der Waals surface area contributed by atoms with E-state index in [0.717, 1.165) is 96.3 Å². The lowest BCUT2D eigenvalue weighted by molar-refractivity contribution is -0.161. The maximum atomic E-state index is 13.0. The summed E-state index contributed by atoms with van der Waals surface area (Å²) in [4.78, 5) is 48.7. The third-order valence-electron chi connectivity index (χ3n) is 14.2. The summed E-state index contributed by atoms with van der Waals surface area (Å²) in [6.45, 7) is 4.57. The standard InChI is InChI=1S/C66H121O11P/c1-4-7-10-13-16-19-22-25-28-30-31-33-35-37-40-43-46-49-52-55-64(68)73-59-63(77-66(70)57-54-51-48-45-42-39-36-32-29-26-23-20-17-14-11-8-5-2)61-75-78(71,72)74-60-62(58-67)76-65(69)56-53-50-47-44-41-38-34-27-24-21-18-15-12-9-6-3/h9,12,18,21,26-27,29,34,62-63,67H,4-8,10-11,13-17,19-20,22-25,28,30-33,35-61H2,1-3H3,(H,71,72)/b12-9-,21-18-,29-26-,34-27-. The molecule has 456 valence electrons. The molecule has 0 aromatic carbocycles. The second kappa shape index (κ2) is 60.5. The lowest BCUT2D eigenvalue weighted by Gasteiger charge is -2.21. The zero-order valence-electron chi connectivity index (χ0n) is 50.6. The Morgan fingerprint density at radius 3 is 1.04 bits per heavy atom. The molecule has 0 spiro atoms. The van der Waals surface area contributed by atoms with Crippen molar-refractivity contribution in [1.82, 2.24) is 0 Å². The van der Waals surface area contributed by atoms with Crippen LogP contribution in [0, 0.1) is 0 Å². The molecule has 3 unspecified atom stereocenters. The molecule has 0 heterocycles. The predicted octanol–water partition coefficient (Wildman–Crippen LogP) is 19.7. The topological polar surface area (TPSA) is 155 Å². The van der Waals surface area contributed by atoms with E-state index in [1.165, 1.54) is 161 Å². The van der Waals surface area contributed by atoms with Crippen LogP contribution in [-0.4, -0.2) is 66.5 Å². The van der Waals surface area contributed by atoms with Crippen molar-refractivity contribution in [2.75, 3.05) is 26.4 Å². The van der Waals surface area contributed by atoms with Gasteiger partial charge in [0.15, 0.2) is 6.10 Å². The van der Waals surface area contributed by atoms with Crippen LogP contribution in [0.1, 0.15) is 316 Å². The van der Waals surface area contributed by atoms with Gasteiger partial charge in [-0.15, -0.1) is 0 Å². The highest BCUT2D eigenvalue weighted by Gasteiger charge is 2.28. The molecule has 3 atom stereocenters. The minimum absolute atomic E-state index is 0.159. The molecule has 12 heteroatoms. The molecule has 0 rings (SSSR count). The number of carbonyl (C=O) groups excluding carboxylic acids is 3. The van der Waals surface area contributed by atoms with Crippen LogP contribution in [0.25, 0.3) is 0 Å². The summed E-state index contributed by atoms with van der Waals surface area (Å²) < 4.78 is 39.7. The molecule has 0 aliphatic carbocycles. The molecule has 0 amide bonds. The van der Waals surface area contributed by atoms with Gasteiger partial charge in [0, 0.05) is 19.3 Å². The van der Waals surface area contributed by atoms with Crippen molar-refractivity contribution < 1.29 is 52.2 Å². The Morgan fingerprint density at radius 1 is 0.372 bits per heavy atom. The van der Waals surface area contributed by atoms with Gasteiger partial charge >= 0.3 is 25.7 Å². The Morgan fingerprint density at radius 2 is 0.667 bits per heavy atom. The number of hydrogen-bond acceptors (Lipinski definition) is 10. The summed E-state index contributed by atoms with van der Waals surface area (Å²) in [5.74, 6) is -1.46. The van der Waals surface area contributed by atoms with Crippen molar-refractivity contribution in [3.05, 3.63) is 48.6 Å². The van der Waals surface area contributed by atoms with Gasteiger partial charge in [0.25, 0.3) is 0 Å². The van der Waals surface area contributed by atoms with Crippen LogP contribution in [0.4, 0.5) is 0 Å². The van der Waals surface area contributed by atoms with Gasteiger partial charge in [-0.3, -0.25) is 23.4 Å². The van der Waals surface area contributed by atoms with Crippen LogP contribution < -0.4 is 0 Å². The molecule has 0 fully saturated rings. The minimum Gasteiger partial charge on any atom is -0.462 e. The van der Waals surface area contributed by atoms with Crippen molar-refractivity contribution in [1.29, 1.82) is 0 Å². The molecule has 0 aromatic rings. The van der Waals surface area contributed by atoms with Crippen LogP contribution in [0.3, 0.4) is 0 Å². The van der Waals surface area contributed by atoms with E-state index < -0.39 is 57.8 Å². The van der Waals surface area contributed by atoms with Gasteiger partial charge in [-0.2, -0.15) is 0 Å². The first-order chi connectivity index (χ1) is 38.2. The van der Waals surface area contributed by atoms with Crippen LogP contribution in [0.15, 0.2) is 48.6 Å². The number of phosphoric ester groups is 1. The van der Waals surface area contributed by atoms with Crippen LogP contribution in [0.2, 0.25) is 0 Å². The first kappa shape index (κ1) is 75.4. The van der Waals surface area contributed by atoms with Gasteiger partial charge < -0.3 is 24.2 Å². The molecule has 0 radical (unpaired) electrons. The molecule has 0 bridgehead atoms. The third-order valence-corrected chi connectivity index (χ3v) is 15.2. The number of aliphatic hydroxyl groups excluding tert-OH is 1. The number of carbonyl (C=O) groups is 3. The van der Waals surface area contributed by atoms with Gasteiger partial charge in [-0.1, -0.05) is 268 Å². The highest BCUT2D eigenvalue weighted by Crippen LogP contribution is 2.43. The smallest absolute Gasteiger partial charge is 0.462 e. The lowest BCUT2D eigenvalue weighted by atomic mass is 10.0. The van der Waals surface area contributed by atoms with E-state index >= 15 is 0 Å². The number of esters is 3. The van der Waals surface area contributed by atoms with Gasteiger partial charge in [0.2, 0.25) is 0 Å². The predicted molar refractivity (Wildman–Crippen MR) is 325 cm³/mol. The zero-order valence-corrected chi connectivity index (χ0v) is 51.5. The Bertz CT molecular complexity index is 1490. The quantitative estimate of drug-likeness (QED) is 0.0197. The molecular formula is C66H121O11P. The largest absolute Gasteiger partial charge is 0.472 e. The number of aliphatic hydroxyl groups is 1. The molecule has 0 aliphatic heterocycles. The normalized spacial score (nSPS) is 13.6. The summed E-state index contributed by atoms with van der Waals surface area (Å²) in [5, 5.41) is 9.84. The molecule has 0 aromatic heterocycles. The Balaban J connectivity index is 4.68. The maximum Gasteiger partial charge on any atom is 0.472 e. The molecule has 2 N–H and O–H groups in total. The zero-order chi connectivity index (χ0) is 56.9. The fourth-order valence-corrected chi connectivity index (χ4v) is 10.1. The number of allylic oxidation sites excluding steroid dienone is 8. The second-order valence-corrected chi connectivity index (χ2v) is 23.4. The number of ether oxygens (including phenoxy) is 3. The molecule has 78 heavy (non-hydrogen) atoms. The number of rotatable bonds is 61. The highest BCUT2D eigenvalue weighted by molar-refractivity contribution is 7.47. The van der Waals surface area contributed by atoms with E-state index in [1.54, 1.807) is 0 Å². The minimum atomic E-state index is -4.76. The summed E-state index contributed by atoms with van der Waals surface area (Å²) in [6.07, 6.45) is 66.3. The van der Waals surface area contributed by atoms with Gasteiger partial charge in [0.05, 0.1) is 19.8 Å². The fraction of sp³-hybridized carbons (Fsp3) is 0.833. The lowest BCUT2D eigenvalue weighted by Crippen LogP contribution is -2.30. The fourth-order valence-electron chi connectivity index (χ4n) is 9.31. The van der Waals surface area contributed by atoms with Crippen LogP contribution in [-0.2, 0) is 42.2 Å². The number of phosphoric acid groups is 1. The molecular weight excluding hydrogens is 1000 g/mol. The van der Waals surface area contributed by atoms with E-state index in [4.69, 9.17) is 23.3 Å². The Hall–Kier alpha value is -2.56. The molecule has 0 saturated carbocycles. The maximum absolute atomic E-state index is 13.0. The monoisotopic (exact) mass is 1120 g/mol. The SMILES string of the molecule is CC/C=C\C/C=C\C/C=C\CCCCCCCC(=O)OC(CO)COP(=O)(O)OCC(COC(=O)CCCCCCCCCCCCCCCCCCCCC)OC(=O)CCCCCCCCC/C=C\CCCCCCCC. The number of hydrogen-bond donors (Lipinski definition) is 2. The Kier molecular flexibility index (Phi) is 58.5. The van der Waals surface area contributed by atoms with Crippen molar-refractivity contribution in [3.8, 4) is 0 Å². The van der Waals surface area contributed by atoms with Crippen molar-refractivity contribution in [3.63, 3.8) is 0 Å². The third kappa shape index (κ3) is 58.1. The van der Waals surface area contributed by atoms with E-state index in [2.05, 4.69) is 69.4 Å². The van der Waals surface area contributed by atoms with Gasteiger partial charge in [-0.05, 0) is 77.0 Å². The van der Waals surface area contributed by atoms with E-state index in [1.807, 2.05) is 0 Å². The molecule has 0 saturated heterocycles. The van der Waals surface area contributed by atoms with E-state index in [-0.39, 0.29) is 25.9 Å². The number of unbranched alkanes of at least 4 members (excludes halogenated alkanes) is 36. The first-order valence-electron chi connectivity index (χ1n) is 32.5. The average molecular weight is 1120 g/mol. The van der Waals surface area contributed by atoms with Crippen molar-refractivity contribution in [2.24, 2.45) is 0 Å². The Labute approximate surface area is 479 Å². The van der Waals surface area contributed by atoms with Crippen molar-refractivity contribution in [2.45, 2.75) is 328 Å². The van der Waals surface area contributed by atoms with Crippen LogP contribution in [0.5, 0.6) is 0 Å². The van der Waals surface area contributed by atoms with E-state index in [9.17, 15) is 28.9 Å². The summed E-state index contributed by atoms with van der Waals surface area (Å²) in [6, 6.07) is 0. The first-order valence-corrected chi connectivity index (χ1v) is 34.0. The van der Waals surface area contributed by atoms with Gasteiger partial charge in [-0.25, -0.2) is 4.57 Å². The van der Waals surface area contributed by atoms with Crippen molar-refractivity contribution >= 4 is 25.7 Å². The summed E-state index contributed by atoms with van der Waals surface area (Å²) >= 11 is 0. The summed E-state index contributed by atoms with van der Waals surface area (Å²) in [7, 11) is -4.76. The molecule has 11 nitrogen and oxygen atoms in total. The van der Waals surface area contributed by atoms with Gasteiger partial charge in [0.1, 0.15) is 12.7 Å². The molecule has 0 aliphatic rings. The summed E-state index contributed by atoms with van der Waals surface area (Å²) in [5.41, 5.74) is 0. The highest BCUT2D eigenvalue weighted by atomic mass is 31.2. The van der Waals surface area contributed by atoms with Crippen LogP contribution >= 0.6 is 7.82 Å². The second-order valence-electron chi connectivity index (χ2n) is 21.9. The van der Waals surface area contributed by atoms with E-state index in [0.29, 0.717) is 19.3 Å².